The van der Waals surface area contributed by atoms with Gasteiger partial charge in [-0.25, -0.2) is 0 Å². The number of ether oxygens (including phenoxy) is 1. The van der Waals surface area contributed by atoms with Gasteiger partial charge in [-0.05, 0) is 51.4 Å². The lowest BCUT2D eigenvalue weighted by molar-refractivity contribution is -0.155. The quantitative estimate of drug-likeness (QED) is 0.430. The van der Waals surface area contributed by atoms with Gasteiger partial charge < -0.3 is 4.74 Å². The topological polar surface area (TPSA) is 26.3 Å². The fraction of sp³-hybridized carbons (Fsp3) is 0.737. The van der Waals surface area contributed by atoms with Crippen LogP contribution in [0.1, 0.15) is 60.8 Å². The molecule has 0 unspecified atom stereocenters. The SMILES string of the molecule is C#C[C@H](CC1=C[C@H](C(C)C)CC[C@H]1C)OC(=O)C(C)(C)C. The first-order valence-electron chi connectivity index (χ1n) is 8.03. The fourth-order valence-corrected chi connectivity index (χ4v) is 2.60. The molecule has 0 aromatic rings. The molecule has 0 saturated carbocycles. The summed E-state index contributed by atoms with van der Waals surface area (Å²) in [5.41, 5.74) is 0.840. The Hall–Kier alpha value is -1.23. The molecule has 1 rings (SSSR count). The van der Waals surface area contributed by atoms with E-state index in [-0.39, 0.29) is 5.97 Å². The first kappa shape index (κ1) is 17.8. The Morgan fingerprint density at radius 2 is 2.05 bits per heavy atom. The van der Waals surface area contributed by atoms with Gasteiger partial charge in [0, 0.05) is 6.42 Å². The summed E-state index contributed by atoms with van der Waals surface area (Å²) < 4.78 is 5.50. The summed E-state index contributed by atoms with van der Waals surface area (Å²) in [5.74, 6) is 4.20. The zero-order valence-corrected chi connectivity index (χ0v) is 14.4. The third-order valence-electron chi connectivity index (χ3n) is 4.32. The number of carbonyl (C=O) groups excluding carboxylic acids is 1. The van der Waals surface area contributed by atoms with Crippen LogP contribution in [0.4, 0.5) is 0 Å². The lowest BCUT2D eigenvalue weighted by atomic mass is 9.77. The van der Waals surface area contributed by atoms with E-state index in [1.165, 1.54) is 18.4 Å². The highest BCUT2D eigenvalue weighted by molar-refractivity contribution is 5.75. The summed E-state index contributed by atoms with van der Waals surface area (Å²) in [5, 5.41) is 0. The molecule has 0 aliphatic heterocycles. The van der Waals surface area contributed by atoms with E-state index in [1.807, 2.05) is 20.8 Å². The molecule has 0 bridgehead atoms. The van der Waals surface area contributed by atoms with Crippen molar-refractivity contribution in [2.45, 2.75) is 66.9 Å². The maximum Gasteiger partial charge on any atom is 0.312 e. The first-order valence-corrected chi connectivity index (χ1v) is 8.03. The molecule has 0 N–H and O–H groups in total. The second-order valence-electron chi connectivity index (χ2n) is 7.64. The Morgan fingerprint density at radius 1 is 1.43 bits per heavy atom. The van der Waals surface area contributed by atoms with E-state index < -0.39 is 11.5 Å². The molecular formula is C19H30O2. The van der Waals surface area contributed by atoms with E-state index in [2.05, 4.69) is 32.8 Å². The lowest BCUT2D eigenvalue weighted by Gasteiger charge is -2.30. The van der Waals surface area contributed by atoms with Crippen LogP contribution in [0.3, 0.4) is 0 Å². The minimum Gasteiger partial charge on any atom is -0.448 e. The van der Waals surface area contributed by atoms with Crippen molar-refractivity contribution in [2.75, 3.05) is 0 Å². The highest BCUT2D eigenvalue weighted by Crippen LogP contribution is 2.34. The molecule has 0 radical (unpaired) electrons. The fourth-order valence-electron chi connectivity index (χ4n) is 2.60. The van der Waals surface area contributed by atoms with Crippen molar-refractivity contribution in [1.29, 1.82) is 0 Å². The summed E-state index contributed by atoms with van der Waals surface area (Å²) in [6, 6.07) is 0. The molecule has 3 atom stereocenters. The lowest BCUT2D eigenvalue weighted by Crippen LogP contribution is -2.29. The van der Waals surface area contributed by atoms with Gasteiger partial charge in [-0.1, -0.05) is 38.3 Å². The van der Waals surface area contributed by atoms with E-state index in [9.17, 15) is 4.79 Å². The molecule has 2 heteroatoms. The molecular weight excluding hydrogens is 260 g/mol. The van der Waals surface area contributed by atoms with Crippen molar-refractivity contribution in [3.05, 3.63) is 11.6 Å². The maximum atomic E-state index is 12.0. The van der Waals surface area contributed by atoms with Crippen LogP contribution in [-0.2, 0) is 9.53 Å². The number of allylic oxidation sites excluding steroid dienone is 1. The normalized spacial score (nSPS) is 24.2. The van der Waals surface area contributed by atoms with Gasteiger partial charge in [0.15, 0.2) is 6.10 Å². The van der Waals surface area contributed by atoms with Crippen molar-refractivity contribution >= 4 is 5.97 Å². The minimum absolute atomic E-state index is 0.227. The van der Waals surface area contributed by atoms with Crippen LogP contribution in [0, 0.1) is 35.5 Å². The zero-order chi connectivity index (χ0) is 16.2. The molecule has 0 aromatic carbocycles. The Balaban J connectivity index is 2.76. The molecule has 21 heavy (non-hydrogen) atoms. The van der Waals surface area contributed by atoms with Gasteiger partial charge in [0.2, 0.25) is 0 Å². The van der Waals surface area contributed by atoms with Gasteiger partial charge in [-0.3, -0.25) is 4.79 Å². The molecule has 0 amide bonds. The Morgan fingerprint density at radius 3 is 2.52 bits per heavy atom. The number of carbonyl (C=O) groups is 1. The average Bonchev–Trinajstić information content (AvgIpc) is 2.38. The predicted molar refractivity (Wildman–Crippen MR) is 87.6 cm³/mol. The monoisotopic (exact) mass is 290 g/mol. The standard InChI is InChI=1S/C19H30O2/c1-8-17(21-18(20)19(5,6)7)12-16-11-15(13(2)3)10-9-14(16)4/h1,11,13-15,17H,9-10,12H2,2-7H3/t14-,15-,17-/m1/s1. The molecule has 1 aliphatic carbocycles. The molecule has 1 aliphatic rings. The van der Waals surface area contributed by atoms with Gasteiger partial charge >= 0.3 is 5.97 Å². The second kappa shape index (κ2) is 7.16. The number of hydrogen-bond donors (Lipinski definition) is 0. The van der Waals surface area contributed by atoms with Crippen LogP contribution in [0.2, 0.25) is 0 Å². The largest absolute Gasteiger partial charge is 0.448 e. The van der Waals surface area contributed by atoms with Crippen LogP contribution in [-0.4, -0.2) is 12.1 Å². The van der Waals surface area contributed by atoms with Crippen molar-refractivity contribution in [1.82, 2.24) is 0 Å². The summed E-state index contributed by atoms with van der Waals surface area (Å²) in [7, 11) is 0. The van der Waals surface area contributed by atoms with Crippen molar-refractivity contribution in [2.24, 2.45) is 23.2 Å². The molecule has 0 saturated heterocycles. The van der Waals surface area contributed by atoms with Crippen LogP contribution in [0.15, 0.2) is 11.6 Å². The Labute approximate surface area is 130 Å². The molecule has 0 heterocycles. The number of rotatable bonds is 4. The van der Waals surface area contributed by atoms with Crippen molar-refractivity contribution in [3.63, 3.8) is 0 Å². The van der Waals surface area contributed by atoms with E-state index in [0.29, 0.717) is 24.2 Å². The van der Waals surface area contributed by atoms with Crippen molar-refractivity contribution < 1.29 is 9.53 Å². The predicted octanol–water partition coefficient (Wildman–Crippen LogP) is 4.60. The molecule has 0 fully saturated rings. The minimum atomic E-state index is -0.512. The van der Waals surface area contributed by atoms with E-state index >= 15 is 0 Å². The maximum absolute atomic E-state index is 12.0. The summed E-state index contributed by atoms with van der Waals surface area (Å²) in [4.78, 5) is 12.0. The summed E-state index contributed by atoms with van der Waals surface area (Å²) in [6.07, 6.45) is 10.6. The Kier molecular flexibility index (Phi) is 6.08. The Bertz CT molecular complexity index is 431. The van der Waals surface area contributed by atoms with Crippen LogP contribution >= 0.6 is 0 Å². The highest BCUT2D eigenvalue weighted by Gasteiger charge is 2.28. The summed E-state index contributed by atoms with van der Waals surface area (Å²) >= 11 is 0. The number of terminal acetylenes is 1. The van der Waals surface area contributed by atoms with Gasteiger partial charge in [0.05, 0.1) is 5.41 Å². The van der Waals surface area contributed by atoms with E-state index in [4.69, 9.17) is 11.2 Å². The van der Waals surface area contributed by atoms with Crippen LogP contribution in [0.25, 0.3) is 0 Å². The number of esters is 1. The highest BCUT2D eigenvalue weighted by atomic mass is 16.5. The van der Waals surface area contributed by atoms with Crippen LogP contribution < -0.4 is 0 Å². The smallest absolute Gasteiger partial charge is 0.312 e. The summed E-state index contributed by atoms with van der Waals surface area (Å²) in [6.45, 7) is 12.3. The third-order valence-corrected chi connectivity index (χ3v) is 4.32. The van der Waals surface area contributed by atoms with E-state index in [0.717, 1.165) is 0 Å². The van der Waals surface area contributed by atoms with E-state index in [1.54, 1.807) is 0 Å². The molecule has 2 nitrogen and oxygen atoms in total. The third kappa shape index (κ3) is 5.23. The molecule has 0 spiro atoms. The molecule has 118 valence electrons. The first-order chi connectivity index (χ1) is 9.65. The van der Waals surface area contributed by atoms with Gasteiger partial charge in [0.1, 0.15) is 0 Å². The van der Waals surface area contributed by atoms with Gasteiger partial charge in [-0.15, -0.1) is 6.42 Å². The zero-order valence-electron chi connectivity index (χ0n) is 14.4. The van der Waals surface area contributed by atoms with Crippen LogP contribution in [0.5, 0.6) is 0 Å². The van der Waals surface area contributed by atoms with Crippen molar-refractivity contribution in [3.8, 4) is 12.3 Å². The van der Waals surface area contributed by atoms with Gasteiger partial charge in [0.25, 0.3) is 0 Å². The average molecular weight is 290 g/mol. The molecule has 0 aromatic heterocycles. The second-order valence-corrected chi connectivity index (χ2v) is 7.64. The number of hydrogen-bond acceptors (Lipinski definition) is 2. The van der Waals surface area contributed by atoms with Gasteiger partial charge in [-0.2, -0.15) is 0 Å².